The van der Waals surface area contributed by atoms with Crippen molar-refractivity contribution in [2.24, 2.45) is 0 Å². The molecule has 104 valence electrons. The molecule has 2 N–H and O–H groups in total. The van der Waals surface area contributed by atoms with E-state index < -0.39 is 11.0 Å². The topological polar surface area (TPSA) is 119 Å². The van der Waals surface area contributed by atoms with Gasteiger partial charge in [0.25, 0.3) is 5.69 Å². The minimum Gasteiger partial charge on any atom is -0.465 e. The summed E-state index contributed by atoms with van der Waals surface area (Å²) in [6.45, 7) is 1.78. The summed E-state index contributed by atoms with van der Waals surface area (Å²) in [4.78, 5) is 20.6. The third-order valence-corrected chi connectivity index (χ3v) is 2.68. The number of carbonyl (C=O) groups is 1. The van der Waals surface area contributed by atoms with Gasteiger partial charge in [0.15, 0.2) is 5.76 Å². The standard InChI is InChI=1S/C12H11N3O5/c1-7-2-3-8(15(18)19)4-10(7)11-5-9(20-14-11)6-13-12(16)17/h2-5,13H,6H2,1H3,(H,16,17). The van der Waals surface area contributed by atoms with E-state index >= 15 is 0 Å². The number of aromatic nitrogens is 1. The van der Waals surface area contributed by atoms with Crippen LogP contribution in [0.2, 0.25) is 0 Å². The number of hydrogen-bond donors (Lipinski definition) is 2. The van der Waals surface area contributed by atoms with E-state index in [1.165, 1.54) is 12.1 Å². The first-order valence-electron chi connectivity index (χ1n) is 5.65. The van der Waals surface area contributed by atoms with Crippen LogP contribution in [0.1, 0.15) is 11.3 Å². The highest BCUT2D eigenvalue weighted by atomic mass is 16.6. The summed E-state index contributed by atoms with van der Waals surface area (Å²) in [5.74, 6) is 0.327. The van der Waals surface area contributed by atoms with E-state index in [0.29, 0.717) is 17.0 Å². The van der Waals surface area contributed by atoms with Crippen LogP contribution in [0.25, 0.3) is 11.3 Å². The second kappa shape index (κ2) is 5.39. The fourth-order valence-corrected chi connectivity index (χ4v) is 1.69. The minimum atomic E-state index is -1.17. The van der Waals surface area contributed by atoms with Crippen LogP contribution in [0.5, 0.6) is 0 Å². The van der Waals surface area contributed by atoms with Crippen LogP contribution in [0, 0.1) is 17.0 Å². The lowest BCUT2D eigenvalue weighted by atomic mass is 10.0. The molecule has 0 radical (unpaired) electrons. The molecule has 0 spiro atoms. The highest BCUT2D eigenvalue weighted by molar-refractivity contribution is 5.67. The molecule has 0 bridgehead atoms. The van der Waals surface area contributed by atoms with Crippen molar-refractivity contribution < 1.29 is 19.3 Å². The normalized spacial score (nSPS) is 10.2. The number of nitro groups is 1. The molecule has 0 saturated carbocycles. The molecule has 1 amide bonds. The summed E-state index contributed by atoms with van der Waals surface area (Å²) in [6.07, 6.45) is -1.17. The van der Waals surface area contributed by atoms with E-state index in [1.807, 2.05) is 0 Å². The van der Waals surface area contributed by atoms with Crippen molar-refractivity contribution >= 4 is 11.8 Å². The predicted molar refractivity (Wildman–Crippen MR) is 68.2 cm³/mol. The lowest BCUT2D eigenvalue weighted by Crippen LogP contribution is -2.19. The van der Waals surface area contributed by atoms with Crippen LogP contribution in [0.15, 0.2) is 28.8 Å². The summed E-state index contributed by atoms with van der Waals surface area (Å²) in [6, 6.07) is 5.98. The Labute approximate surface area is 113 Å². The predicted octanol–water partition coefficient (Wildman–Crippen LogP) is 2.33. The number of nitro benzene ring substituents is 1. The van der Waals surface area contributed by atoms with E-state index in [1.54, 1.807) is 19.1 Å². The molecule has 8 heteroatoms. The average molecular weight is 277 g/mol. The lowest BCUT2D eigenvalue weighted by Gasteiger charge is -2.01. The molecule has 1 aromatic carbocycles. The second-order valence-corrected chi connectivity index (χ2v) is 4.09. The van der Waals surface area contributed by atoms with Gasteiger partial charge < -0.3 is 14.9 Å². The molecule has 2 rings (SSSR count). The number of benzene rings is 1. The molecule has 0 aliphatic rings. The lowest BCUT2D eigenvalue weighted by molar-refractivity contribution is -0.384. The van der Waals surface area contributed by atoms with Crippen molar-refractivity contribution in [3.8, 4) is 11.3 Å². The first-order valence-corrected chi connectivity index (χ1v) is 5.65. The Morgan fingerprint density at radius 1 is 1.50 bits per heavy atom. The molecule has 0 fully saturated rings. The Morgan fingerprint density at radius 3 is 2.90 bits per heavy atom. The number of rotatable bonds is 4. The Balaban J connectivity index is 2.29. The van der Waals surface area contributed by atoms with E-state index in [0.717, 1.165) is 5.56 Å². The maximum Gasteiger partial charge on any atom is 0.405 e. The SMILES string of the molecule is Cc1ccc([N+](=O)[O-])cc1-c1cc(CNC(=O)O)on1. The number of aryl methyl sites for hydroxylation is 1. The molecule has 1 heterocycles. The number of nitrogens with zero attached hydrogens (tertiary/aromatic N) is 2. The van der Waals surface area contributed by atoms with Crippen LogP contribution in [-0.4, -0.2) is 21.3 Å². The van der Waals surface area contributed by atoms with Gasteiger partial charge in [0.05, 0.1) is 11.5 Å². The van der Waals surface area contributed by atoms with Gasteiger partial charge >= 0.3 is 6.09 Å². The molecular weight excluding hydrogens is 266 g/mol. The maximum absolute atomic E-state index is 10.8. The van der Waals surface area contributed by atoms with Crippen LogP contribution in [0.4, 0.5) is 10.5 Å². The maximum atomic E-state index is 10.8. The van der Waals surface area contributed by atoms with Crippen molar-refractivity contribution in [3.05, 3.63) is 45.7 Å². The van der Waals surface area contributed by atoms with Crippen molar-refractivity contribution in [1.29, 1.82) is 0 Å². The third-order valence-electron chi connectivity index (χ3n) is 2.68. The zero-order valence-corrected chi connectivity index (χ0v) is 10.5. The van der Waals surface area contributed by atoms with Gasteiger partial charge in [-0.2, -0.15) is 0 Å². The second-order valence-electron chi connectivity index (χ2n) is 4.09. The van der Waals surface area contributed by atoms with Crippen molar-refractivity contribution in [1.82, 2.24) is 10.5 Å². The van der Waals surface area contributed by atoms with E-state index in [2.05, 4.69) is 10.5 Å². The quantitative estimate of drug-likeness (QED) is 0.653. The summed E-state index contributed by atoms with van der Waals surface area (Å²) in [5, 5.41) is 25.2. The zero-order valence-electron chi connectivity index (χ0n) is 10.5. The van der Waals surface area contributed by atoms with E-state index in [4.69, 9.17) is 9.63 Å². The average Bonchev–Trinajstić information content (AvgIpc) is 2.85. The number of hydrogen-bond acceptors (Lipinski definition) is 5. The number of amides is 1. The molecule has 0 unspecified atom stereocenters. The molecule has 1 aromatic heterocycles. The summed E-state index contributed by atoms with van der Waals surface area (Å²) < 4.78 is 4.98. The van der Waals surface area contributed by atoms with Crippen LogP contribution >= 0.6 is 0 Å². The van der Waals surface area contributed by atoms with Crippen LogP contribution in [0.3, 0.4) is 0 Å². The van der Waals surface area contributed by atoms with E-state index in [-0.39, 0.29) is 12.2 Å². The number of carboxylic acid groups (broad SMARTS) is 1. The van der Waals surface area contributed by atoms with Crippen molar-refractivity contribution in [2.45, 2.75) is 13.5 Å². The third kappa shape index (κ3) is 2.91. The molecule has 8 nitrogen and oxygen atoms in total. The van der Waals surface area contributed by atoms with Gasteiger partial charge in [-0.05, 0) is 12.5 Å². The molecule has 20 heavy (non-hydrogen) atoms. The molecule has 0 aliphatic carbocycles. The van der Waals surface area contributed by atoms with Gasteiger partial charge in [-0.25, -0.2) is 4.79 Å². The number of nitrogens with one attached hydrogen (secondary N) is 1. The van der Waals surface area contributed by atoms with Crippen LogP contribution in [-0.2, 0) is 6.54 Å². The van der Waals surface area contributed by atoms with Crippen LogP contribution < -0.4 is 5.32 Å². The highest BCUT2D eigenvalue weighted by Crippen LogP contribution is 2.27. The molecular formula is C12H11N3O5. The highest BCUT2D eigenvalue weighted by Gasteiger charge is 2.14. The molecule has 0 atom stereocenters. The summed E-state index contributed by atoms with van der Waals surface area (Å²) >= 11 is 0. The van der Waals surface area contributed by atoms with Gasteiger partial charge in [-0.3, -0.25) is 10.1 Å². The Hall–Kier alpha value is -2.90. The smallest absolute Gasteiger partial charge is 0.405 e. The fourth-order valence-electron chi connectivity index (χ4n) is 1.69. The number of non-ortho nitro benzene ring substituents is 1. The van der Waals surface area contributed by atoms with Gasteiger partial charge in [-0.1, -0.05) is 11.2 Å². The van der Waals surface area contributed by atoms with Crippen molar-refractivity contribution in [3.63, 3.8) is 0 Å². The molecule has 0 saturated heterocycles. The Bertz CT molecular complexity index is 665. The fraction of sp³-hybridized carbons (Fsp3) is 0.167. The molecule has 2 aromatic rings. The summed E-state index contributed by atoms with van der Waals surface area (Å²) in [7, 11) is 0. The van der Waals surface area contributed by atoms with E-state index in [9.17, 15) is 14.9 Å². The largest absolute Gasteiger partial charge is 0.465 e. The Morgan fingerprint density at radius 2 is 2.25 bits per heavy atom. The monoisotopic (exact) mass is 277 g/mol. The van der Waals surface area contributed by atoms with Crippen molar-refractivity contribution in [2.75, 3.05) is 0 Å². The molecule has 0 aliphatic heterocycles. The van der Waals surface area contributed by atoms with Gasteiger partial charge in [0, 0.05) is 23.8 Å². The minimum absolute atomic E-state index is 0.0176. The zero-order chi connectivity index (χ0) is 14.7. The Kier molecular flexibility index (Phi) is 3.65. The van der Waals surface area contributed by atoms with Gasteiger partial charge in [-0.15, -0.1) is 0 Å². The van der Waals surface area contributed by atoms with Gasteiger partial charge in [0.2, 0.25) is 0 Å². The first-order chi connectivity index (χ1) is 9.47. The summed E-state index contributed by atoms with van der Waals surface area (Å²) in [5.41, 5.74) is 1.76. The van der Waals surface area contributed by atoms with Gasteiger partial charge in [0.1, 0.15) is 5.69 Å². The first kappa shape index (κ1) is 13.5.